The Balaban J connectivity index is 1.79. The van der Waals surface area contributed by atoms with E-state index >= 15 is 0 Å². The lowest BCUT2D eigenvalue weighted by atomic mass is 10.2. The van der Waals surface area contributed by atoms with E-state index in [2.05, 4.69) is 17.2 Å². The van der Waals surface area contributed by atoms with Crippen molar-refractivity contribution in [2.75, 3.05) is 18.5 Å². The first-order valence-corrected chi connectivity index (χ1v) is 9.09. The van der Waals surface area contributed by atoms with Crippen molar-refractivity contribution < 1.29 is 14.3 Å². The van der Waals surface area contributed by atoms with Crippen LogP contribution in [-0.4, -0.2) is 24.1 Å². The van der Waals surface area contributed by atoms with Crippen molar-refractivity contribution >= 4 is 32.6 Å². The van der Waals surface area contributed by atoms with Crippen LogP contribution in [0.15, 0.2) is 42.5 Å². The maximum absolute atomic E-state index is 12.5. The Labute approximate surface area is 150 Å². The molecule has 0 aliphatic carbocycles. The molecule has 3 aromatic rings. The average molecular weight is 356 g/mol. The molecule has 130 valence electrons. The number of ether oxygens (including phenoxy) is 2. The molecule has 0 aliphatic rings. The van der Waals surface area contributed by atoms with E-state index in [9.17, 15) is 4.79 Å². The molecule has 1 N–H and O–H groups in total. The number of nitrogens with one attached hydrogen (secondary N) is 1. The molecule has 1 heterocycles. The summed E-state index contributed by atoms with van der Waals surface area (Å²) in [5, 5.41) is 3.41. The largest absolute Gasteiger partial charge is 0.494 e. The minimum Gasteiger partial charge on any atom is -0.494 e. The Hall–Kier alpha value is -2.60. The molecule has 0 fully saturated rings. The van der Waals surface area contributed by atoms with Gasteiger partial charge in [0.15, 0.2) is 5.13 Å². The number of carbonyl (C=O) groups is 1. The van der Waals surface area contributed by atoms with Gasteiger partial charge in [-0.15, -0.1) is 0 Å². The van der Waals surface area contributed by atoms with Gasteiger partial charge in [0.2, 0.25) is 0 Å². The zero-order valence-corrected chi connectivity index (χ0v) is 15.1. The molecule has 1 aromatic heterocycles. The second kappa shape index (κ2) is 7.98. The summed E-state index contributed by atoms with van der Waals surface area (Å²) in [5.41, 5.74) is 1.33. The van der Waals surface area contributed by atoms with Crippen LogP contribution in [0.1, 0.15) is 30.6 Å². The van der Waals surface area contributed by atoms with Crippen LogP contribution in [0.2, 0.25) is 0 Å². The fourth-order valence-corrected chi connectivity index (χ4v) is 3.26. The number of anilines is 1. The number of rotatable bonds is 7. The smallest absolute Gasteiger partial charge is 0.261 e. The van der Waals surface area contributed by atoms with Gasteiger partial charge >= 0.3 is 0 Å². The Morgan fingerprint density at radius 2 is 2.00 bits per heavy atom. The van der Waals surface area contributed by atoms with Gasteiger partial charge in [0.25, 0.3) is 5.91 Å². The molecule has 1 amide bonds. The first-order valence-electron chi connectivity index (χ1n) is 8.27. The lowest BCUT2D eigenvalue weighted by Crippen LogP contribution is -2.13. The third kappa shape index (κ3) is 4.09. The van der Waals surface area contributed by atoms with E-state index in [1.54, 1.807) is 12.1 Å². The second-order valence-corrected chi connectivity index (χ2v) is 6.41. The first-order chi connectivity index (χ1) is 12.2. The van der Waals surface area contributed by atoms with Crippen molar-refractivity contribution in [1.82, 2.24) is 4.98 Å². The van der Waals surface area contributed by atoms with E-state index in [0.717, 1.165) is 22.4 Å². The van der Waals surface area contributed by atoms with E-state index in [0.29, 0.717) is 29.7 Å². The third-order valence-electron chi connectivity index (χ3n) is 3.48. The highest BCUT2D eigenvalue weighted by Crippen LogP contribution is 2.30. The Kier molecular flexibility index (Phi) is 5.50. The normalized spacial score (nSPS) is 10.6. The fourth-order valence-electron chi connectivity index (χ4n) is 2.37. The quantitative estimate of drug-likeness (QED) is 0.664. The summed E-state index contributed by atoms with van der Waals surface area (Å²) in [4.78, 5) is 17.0. The molecule has 5 nitrogen and oxygen atoms in total. The maximum atomic E-state index is 12.5. The van der Waals surface area contributed by atoms with E-state index in [1.807, 2.05) is 37.3 Å². The molecule has 0 radical (unpaired) electrons. The molecule has 25 heavy (non-hydrogen) atoms. The number of benzene rings is 2. The predicted molar refractivity (Wildman–Crippen MR) is 101 cm³/mol. The van der Waals surface area contributed by atoms with Gasteiger partial charge in [0, 0.05) is 0 Å². The second-order valence-electron chi connectivity index (χ2n) is 5.38. The summed E-state index contributed by atoms with van der Waals surface area (Å²) < 4.78 is 12.1. The highest BCUT2D eigenvalue weighted by Gasteiger charge is 2.14. The number of nitrogens with zero attached hydrogens (tertiary/aromatic N) is 1. The van der Waals surface area contributed by atoms with Crippen molar-refractivity contribution in [3.8, 4) is 11.5 Å². The lowest BCUT2D eigenvalue weighted by molar-refractivity contribution is 0.102. The molecule has 0 atom stereocenters. The monoisotopic (exact) mass is 356 g/mol. The molecule has 0 bridgehead atoms. The van der Waals surface area contributed by atoms with Crippen LogP contribution in [0.5, 0.6) is 11.5 Å². The topological polar surface area (TPSA) is 60.5 Å². The number of hydrogen-bond acceptors (Lipinski definition) is 5. The van der Waals surface area contributed by atoms with Gasteiger partial charge in [0.05, 0.1) is 29.0 Å². The van der Waals surface area contributed by atoms with Crippen LogP contribution in [0.25, 0.3) is 10.2 Å². The number of fused-ring (bicyclic) bond motifs is 1. The van der Waals surface area contributed by atoms with Crippen LogP contribution < -0.4 is 14.8 Å². The van der Waals surface area contributed by atoms with Crippen molar-refractivity contribution in [3.05, 3.63) is 48.0 Å². The molecular weight excluding hydrogens is 336 g/mol. The zero-order chi connectivity index (χ0) is 17.6. The van der Waals surface area contributed by atoms with Gasteiger partial charge in [-0.3, -0.25) is 10.1 Å². The number of carbonyl (C=O) groups excluding carboxylic acids is 1. The molecule has 0 saturated carbocycles. The van der Waals surface area contributed by atoms with Gasteiger partial charge in [-0.25, -0.2) is 4.98 Å². The van der Waals surface area contributed by atoms with E-state index < -0.39 is 0 Å². The minimum atomic E-state index is -0.231. The fraction of sp³-hybridized carbons (Fsp3) is 0.263. The van der Waals surface area contributed by atoms with Crippen LogP contribution in [0.4, 0.5) is 5.13 Å². The van der Waals surface area contributed by atoms with Gasteiger partial charge in [-0.05, 0) is 43.7 Å². The molecule has 0 spiro atoms. The van der Waals surface area contributed by atoms with Crippen LogP contribution in [0, 0.1) is 0 Å². The molecule has 6 heteroatoms. The highest BCUT2D eigenvalue weighted by atomic mass is 32.1. The zero-order valence-electron chi connectivity index (χ0n) is 14.2. The van der Waals surface area contributed by atoms with Gasteiger partial charge in [-0.1, -0.05) is 30.4 Å². The Morgan fingerprint density at radius 1 is 1.16 bits per heavy atom. The maximum Gasteiger partial charge on any atom is 0.261 e. The lowest BCUT2D eigenvalue weighted by Gasteiger charge is -2.08. The van der Waals surface area contributed by atoms with Gasteiger partial charge < -0.3 is 9.47 Å². The van der Waals surface area contributed by atoms with Crippen LogP contribution in [0.3, 0.4) is 0 Å². The standard InChI is InChI=1S/C19H20N2O3S/c1-3-11-24-13-9-10-15-17(12-13)25-19(20-15)21-18(22)14-7-5-6-8-16(14)23-4-2/h5-10,12H,3-4,11H2,1-2H3,(H,20,21,22). The highest BCUT2D eigenvalue weighted by molar-refractivity contribution is 7.22. The molecule has 2 aromatic carbocycles. The number of thiazole rings is 1. The van der Waals surface area contributed by atoms with Gasteiger partial charge in [-0.2, -0.15) is 0 Å². The van der Waals surface area contributed by atoms with Crippen LogP contribution >= 0.6 is 11.3 Å². The molecule has 3 rings (SSSR count). The third-order valence-corrected chi connectivity index (χ3v) is 4.42. The van der Waals surface area contributed by atoms with E-state index in [4.69, 9.17) is 9.47 Å². The molecule has 0 aliphatic heterocycles. The summed E-state index contributed by atoms with van der Waals surface area (Å²) in [5.74, 6) is 1.15. The summed E-state index contributed by atoms with van der Waals surface area (Å²) in [6.07, 6.45) is 0.960. The van der Waals surface area contributed by atoms with E-state index in [-0.39, 0.29) is 5.91 Å². The first kappa shape index (κ1) is 17.2. The van der Waals surface area contributed by atoms with Crippen molar-refractivity contribution in [2.24, 2.45) is 0 Å². The molecule has 0 unspecified atom stereocenters. The van der Waals surface area contributed by atoms with Crippen LogP contribution in [-0.2, 0) is 0 Å². The summed E-state index contributed by atoms with van der Waals surface area (Å²) in [6.45, 7) is 5.15. The average Bonchev–Trinajstić information content (AvgIpc) is 3.02. The SMILES string of the molecule is CCCOc1ccc2nc(NC(=O)c3ccccc3OCC)sc2c1. The van der Waals surface area contributed by atoms with Crippen molar-refractivity contribution in [2.45, 2.75) is 20.3 Å². The van der Waals surface area contributed by atoms with Crippen molar-refractivity contribution in [3.63, 3.8) is 0 Å². The number of aromatic nitrogens is 1. The number of para-hydroxylation sites is 1. The Morgan fingerprint density at radius 3 is 2.80 bits per heavy atom. The minimum absolute atomic E-state index is 0.231. The van der Waals surface area contributed by atoms with E-state index in [1.165, 1.54) is 11.3 Å². The van der Waals surface area contributed by atoms with Gasteiger partial charge in [0.1, 0.15) is 11.5 Å². The summed E-state index contributed by atoms with van der Waals surface area (Å²) >= 11 is 1.42. The molecule has 0 saturated heterocycles. The predicted octanol–water partition coefficient (Wildman–Crippen LogP) is 4.74. The Bertz CT molecular complexity index is 876. The molecular formula is C19H20N2O3S. The summed E-state index contributed by atoms with van der Waals surface area (Å²) in [7, 11) is 0. The number of amides is 1. The number of hydrogen-bond donors (Lipinski definition) is 1. The summed E-state index contributed by atoms with van der Waals surface area (Å²) in [6, 6.07) is 12.9. The van der Waals surface area contributed by atoms with Crippen molar-refractivity contribution in [1.29, 1.82) is 0 Å².